The summed E-state index contributed by atoms with van der Waals surface area (Å²) in [5.41, 5.74) is 1.65. The van der Waals surface area contributed by atoms with Gasteiger partial charge in [-0.25, -0.2) is 0 Å². The van der Waals surface area contributed by atoms with Gasteiger partial charge in [0.05, 0.1) is 18.4 Å². The van der Waals surface area contributed by atoms with Crippen molar-refractivity contribution < 1.29 is 9.53 Å². The van der Waals surface area contributed by atoms with Gasteiger partial charge in [-0.15, -0.1) is 5.10 Å². The Morgan fingerprint density at radius 1 is 1.19 bits per heavy atom. The molecule has 4 rings (SSSR count). The molecular formula is C19H25N5O2. The monoisotopic (exact) mass is 355 g/mol. The van der Waals surface area contributed by atoms with Crippen molar-refractivity contribution in [2.24, 2.45) is 13.0 Å². The molecule has 2 atom stereocenters. The molecule has 0 spiro atoms. The Hall–Kier alpha value is -2.41. The van der Waals surface area contributed by atoms with Crippen molar-refractivity contribution in [1.29, 1.82) is 0 Å². The molecule has 0 aromatic carbocycles. The summed E-state index contributed by atoms with van der Waals surface area (Å²) >= 11 is 0. The van der Waals surface area contributed by atoms with E-state index in [1.807, 2.05) is 53.9 Å². The van der Waals surface area contributed by atoms with Gasteiger partial charge in [0.25, 0.3) is 5.91 Å². The molecular weight excluding hydrogens is 330 g/mol. The Balaban J connectivity index is 1.44. The number of rotatable bonds is 2. The number of piperidine rings is 1. The van der Waals surface area contributed by atoms with Crippen molar-refractivity contribution in [2.45, 2.75) is 19.4 Å². The lowest BCUT2D eigenvalue weighted by atomic mass is 9.93. The van der Waals surface area contributed by atoms with Crippen molar-refractivity contribution in [3.63, 3.8) is 0 Å². The minimum absolute atomic E-state index is 0.0800. The van der Waals surface area contributed by atoms with Crippen LogP contribution in [0.1, 0.15) is 22.6 Å². The van der Waals surface area contributed by atoms with E-state index in [0.29, 0.717) is 19.1 Å². The summed E-state index contributed by atoms with van der Waals surface area (Å²) in [7, 11) is 1.91. The van der Waals surface area contributed by atoms with Crippen molar-refractivity contribution in [2.75, 3.05) is 37.7 Å². The minimum Gasteiger partial charge on any atom is -0.374 e. The van der Waals surface area contributed by atoms with E-state index in [2.05, 4.69) is 15.1 Å². The Morgan fingerprint density at radius 3 is 2.81 bits per heavy atom. The van der Waals surface area contributed by atoms with Crippen molar-refractivity contribution in [3.05, 3.63) is 41.9 Å². The van der Waals surface area contributed by atoms with Crippen LogP contribution in [-0.2, 0) is 11.8 Å². The number of aryl methyl sites for hydroxylation is 2. The largest absolute Gasteiger partial charge is 0.374 e. The van der Waals surface area contributed by atoms with Crippen molar-refractivity contribution >= 4 is 11.7 Å². The molecule has 7 nitrogen and oxygen atoms in total. The number of anilines is 1. The lowest BCUT2D eigenvalue weighted by Crippen LogP contribution is -2.49. The third-order valence-corrected chi connectivity index (χ3v) is 5.40. The molecule has 0 radical (unpaired) electrons. The second-order valence-electron chi connectivity index (χ2n) is 7.19. The summed E-state index contributed by atoms with van der Waals surface area (Å²) in [4.78, 5) is 17.0. The van der Waals surface area contributed by atoms with Crippen LogP contribution in [0.5, 0.6) is 0 Å². The van der Waals surface area contributed by atoms with Crippen LogP contribution in [0.25, 0.3) is 0 Å². The highest BCUT2D eigenvalue weighted by molar-refractivity contribution is 5.92. The van der Waals surface area contributed by atoms with Gasteiger partial charge >= 0.3 is 0 Å². The molecule has 0 N–H and O–H groups in total. The highest BCUT2D eigenvalue weighted by atomic mass is 16.5. The molecule has 2 fully saturated rings. The van der Waals surface area contributed by atoms with Crippen molar-refractivity contribution in [3.8, 4) is 0 Å². The van der Waals surface area contributed by atoms with Gasteiger partial charge in [0.15, 0.2) is 5.82 Å². The van der Waals surface area contributed by atoms with E-state index in [1.165, 1.54) is 0 Å². The lowest BCUT2D eigenvalue weighted by Gasteiger charge is -2.38. The summed E-state index contributed by atoms with van der Waals surface area (Å²) in [5.74, 6) is 1.39. The summed E-state index contributed by atoms with van der Waals surface area (Å²) in [6, 6.07) is 7.80. The summed E-state index contributed by atoms with van der Waals surface area (Å²) in [5, 5.41) is 8.49. The summed E-state index contributed by atoms with van der Waals surface area (Å²) in [6.07, 6.45) is 2.93. The molecule has 26 heavy (non-hydrogen) atoms. The smallest absolute Gasteiger partial charge is 0.270 e. The van der Waals surface area contributed by atoms with Gasteiger partial charge in [-0.2, -0.15) is 5.10 Å². The number of likely N-dealkylation sites (tertiary alicyclic amines) is 1. The standard InChI is InChI=1S/C19H25N5O2/c1-14-5-6-18(21-20-14)23-10-11-26-17-13-24(9-7-15(17)12-23)19(25)16-4-3-8-22(16)2/h3-6,8,15,17H,7,9-13H2,1-2H3/t15-,17-/m0/s1. The first-order chi connectivity index (χ1) is 12.6. The highest BCUT2D eigenvalue weighted by Crippen LogP contribution is 2.27. The normalized spacial score (nSPS) is 23.5. The first-order valence-electron chi connectivity index (χ1n) is 9.19. The molecule has 2 aliphatic rings. The van der Waals surface area contributed by atoms with Gasteiger partial charge in [0.1, 0.15) is 5.69 Å². The Kier molecular flexibility index (Phi) is 4.63. The maximum absolute atomic E-state index is 12.8. The van der Waals surface area contributed by atoms with Crippen LogP contribution in [-0.4, -0.2) is 64.5 Å². The molecule has 138 valence electrons. The van der Waals surface area contributed by atoms with E-state index in [9.17, 15) is 4.79 Å². The Morgan fingerprint density at radius 2 is 2.08 bits per heavy atom. The van der Waals surface area contributed by atoms with Gasteiger partial charge in [0, 0.05) is 45.3 Å². The van der Waals surface area contributed by atoms with E-state index < -0.39 is 0 Å². The topological polar surface area (TPSA) is 63.5 Å². The molecule has 4 heterocycles. The number of fused-ring (bicyclic) bond motifs is 1. The average molecular weight is 355 g/mol. The zero-order valence-corrected chi connectivity index (χ0v) is 15.3. The number of hydrogen-bond acceptors (Lipinski definition) is 5. The lowest BCUT2D eigenvalue weighted by molar-refractivity contribution is -0.0171. The molecule has 0 bridgehead atoms. The highest BCUT2D eigenvalue weighted by Gasteiger charge is 2.36. The first-order valence-corrected chi connectivity index (χ1v) is 9.19. The fourth-order valence-corrected chi connectivity index (χ4v) is 3.85. The molecule has 1 amide bonds. The second-order valence-corrected chi connectivity index (χ2v) is 7.19. The number of carbonyl (C=O) groups excluding carboxylic acids is 1. The van der Waals surface area contributed by atoms with Gasteiger partial charge in [-0.05, 0) is 37.6 Å². The fraction of sp³-hybridized carbons (Fsp3) is 0.526. The second kappa shape index (κ2) is 7.07. The summed E-state index contributed by atoms with van der Waals surface area (Å²) < 4.78 is 7.99. The average Bonchev–Trinajstić information content (AvgIpc) is 2.96. The van der Waals surface area contributed by atoms with E-state index in [0.717, 1.165) is 43.3 Å². The number of ether oxygens (including phenoxy) is 1. The molecule has 7 heteroatoms. The van der Waals surface area contributed by atoms with Crippen LogP contribution in [0, 0.1) is 12.8 Å². The van der Waals surface area contributed by atoms with Crippen LogP contribution in [0.4, 0.5) is 5.82 Å². The van der Waals surface area contributed by atoms with Crippen LogP contribution < -0.4 is 4.90 Å². The molecule has 2 aromatic rings. The maximum Gasteiger partial charge on any atom is 0.270 e. The quantitative estimate of drug-likeness (QED) is 0.817. The maximum atomic E-state index is 12.8. The zero-order chi connectivity index (χ0) is 18.1. The number of amides is 1. The minimum atomic E-state index is 0.0800. The predicted octanol–water partition coefficient (Wildman–Crippen LogP) is 1.49. The molecule has 2 aromatic heterocycles. The predicted molar refractivity (Wildman–Crippen MR) is 98.1 cm³/mol. The number of hydrogen-bond donors (Lipinski definition) is 0. The molecule has 0 aliphatic carbocycles. The van der Waals surface area contributed by atoms with Crippen LogP contribution >= 0.6 is 0 Å². The Bertz CT molecular complexity index is 772. The van der Waals surface area contributed by atoms with Crippen LogP contribution in [0.3, 0.4) is 0 Å². The van der Waals surface area contributed by atoms with E-state index >= 15 is 0 Å². The SMILES string of the molecule is Cc1ccc(N2CCO[C@H]3CN(C(=O)c4cccn4C)CC[C@H]3C2)nn1. The van der Waals surface area contributed by atoms with E-state index in [1.54, 1.807) is 0 Å². The molecule has 2 saturated heterocycles. The molecule has 0 saturated carbocycles. The third kappa shape index (κ3) is 3.31. The molecule has 0 unspecified atom stereocenters. The van der Waals surface area contributed by atoms with Crippen LogP contribution in [0.15, 0.2) is 30.5 Å². The number of carbonyl (C=O) groups is 1. The fourth-order valence-electron chi connectivity index (χ4n) is 3.85. The van der Waals surface area contributed by atoms with Crippen molar-refractivity contribution in [1.82, 2.24) is 19.7 Å². The number of aromatic nitrogens is 3. The number of nitrogens with zero attached hydrogens (tertiary/aromatic N) is 5. The van der Waals surface area contributed by atoms with Gasteiger partial charge in [0.2, 0.25) is 0 Å². The first kappa shape index (κ1) is 17.0. The van der Waals surface area contributed by atoms with Gasteiger partial charge in [-0.3, -0.25) is 4.79 Å². The zero-order valence-electron chi connectivity index (χ0n) is 15.3. The van der Waals surface area contributed by atoms with Gasteiger partial charge in [-0.1, -0.05) is 0 Å². The van der Waals surface area contributed by atoms with E-state index in [-0.39, 0.29) is 12.0 Å². The van der Waals surface area contributed by atoms with E-state index in [4.69, 9.17) is 4.74 Å². The summed E-state index contributed by atoms with van der Waals surface area (Å²) in [6.45, 7) is 5.70. The third-order valence-electron chi connectivity index (χ3n) is 5.40. The van der Waals surface area contributed by atoms with Gasteiger partial charge < -0.3 is 19.1 Å². The molecule has 2 aliphatic heterocycles. The Labute approximate surface area is 153 Å². The van der Waals surface area contributed by atoms with Crippen LogP contribution in [0.2, 0.25) is 0 Å².